The highest BCUT2D eigenvalue weighted by atomic mass is 16.5. The van der Waals surface area contributed by atoms with E-state index in [2.05, 4.69) is 6.07 Å². The molecule has 0 heterocycles. The van der Waals surface area contributed by atoms with Crippen LogP contribution in [0.2, 0.25) is 0 Å². The lowest BCUT2D eigenvalue weighted by Crippen LogP contribution is -2.03. The van der Waals surface area contributed by atoms with E-state index in [9.17, 15) is 5.11 Å². The van der Waals surface area contributed by atoms with Gasteiger partial charge in [0.25, 0.3) is 0 Å². The molecule has 14 heavy (non-hydrogen) atoms. The van der Waals surface area contributed by atoms with E-state index in [0.717, 1.165) is 12.2 Å². The number of ether oxygens (including phenoxy) is 1. The summed E-state index contributed by atoms with van der Waals surface area (Å²) in [6.07, 6.45) is 0.878. The van der Waals surface area contributed by atoms with Gasteiger partial charge in [-0.25, -0.2) is 0 Å². The van der Waals surface area contributed by atoms with Crippen LogP contribution in [0.15, 0.2) is 24.3 Å². The van der Waals surface area contributed by atoms with Crippen molar-refractivity contribution in [3.63, 3.8) is 0 Å². The summed E-state index contributed by atoms with van der Waals surface area (Å²) in [5.74, 6) is 1.86. The summed E-state index contributed by atoms with van der Waals surface area (Å²) in [6.45, 7) is 1.86. The number of aliphatic hydroxyl groups excluding tert-OH is 1. The molecule has 1 fully saturated rings. The van der Waals surface area contributed by atoms with Crippen molar-refractivity contribution < 1.29 is 9.84 Å². The molecule has 0 unspecified atom stereocenters. The van der Waals surface area contributed by atoms with Crippen LogP contribution in [0.25, 0.3) is 0 Å². The molecule has 2 heteroatoms. The minimum atomic E-state index is -0.204. The van der Waals surface area contributed by atoms with Gasteiger partial charge in [0.1, 0.15) is 5.75 Å². The van der Waals surface area contributed by atoms with Crippen molar-refractivity contribution >= 4 is 0 Å². The summed E-state index contributed by atoms with van der Waals surface area (Å²) in [5.41, 5.74) is 1.24. The van der Waals surface area contributed by atoms with Crippen LogP contribution in [0, 0.1) is 5.92 Å². The molecule has 0 amide bonds. The fourth-order valence-electron chi connectivity index (χ4n) is 2.08. The molecule has 3 atom stereocenters. The molecular formula is C12H16O2. The van der Waals surface area contributed by atoms with Gasteiger partial charge >= 0.3 is 0 Å². The average Bonchev–Trinajstić information content (AvgIpc) is 2.97. The van der Waals surface area contributed by atoms with Gasteiger partial charge in [-0.1, -0.05) is 18.2 Å². The molecule has 76 valence electrons. The predicted molar refractivity (Wildman–Crippen MR) is 55.5 cm³/mol. The first-order valence-corrected chi connectivity index (χ1v) is 5.05. The number of aliphatic hydroxyl groups is 1. The van der Waals surface area contributed by atoms with Crippen molar-refractivity contribution in [2.75, 3.05) is 7.11 Å². The molecule has 0 radical (unpaired) electrons. The summed E-state index contributed by atoms with van der Waals surface area (Å²) in [7, 11) is 1.69. The van der Waals surface area contributed by atoms with E-state index in [-0.39, 0.29) is 6.10 Å². The number of benzene rings is 1. The van der Waals surface area contributed by atoms with Crippen molar-refractivity contribution in [1.29, 1.82) is 0 Å². The van der Waals surface area contributed by atoms with Gasteiger partial charge < -0.3 is 9.84 Å². The number of para-hydroxylation sites is 1. The van der Waals surface area contributed by atoms with Crippen molar-refractivity contribution in [2.24, 2.45) is 5.92 Å². The molecule has 1 aliphatic rings. The van der Waals surface area contributed by atoms with Gasteiger partial charge in [-0.05, 0) is 36.8 Å². The van der Waals surface area contributed by atoms with Crippen LogP contribution in [0.1, 0.15) is 24.8 Å². The lowest BCUT2D eigenvalue weighted by atomic mass is 10.1. The van der Waals surface area contributed by atoms with Crippen LogP contribution in [-0.4, -0.2) is 18.3 Å². The Morgan fingerprint density at radius 3 is 2.71 bits per heavy atom. The third-order valence-corrected chi connectivity index (χ3v) is 3.00. The van der Waals surface area contributed by atoms with Crippen LogP contribution in [0.4, 0.5) is 0 Å². The molecule has 1 aromatic carbocycles. The van der Waals surface area contributed by atoms with Gasteiger partial charge in [0.15, 0.2) is 0 Å². The van der Waals surface area contributed by atoms with Crippen LogP contribution >= 0.6 is 0 Å². The Balaban J connectivity index is 2.18. The first-order valence-electron chi connectivity index (χ1n) is 5.05. The number of hydrogen-bond donors (Lipinski definition) is 1. The zero-order valence-corrected chi connectivity index (χ0v) is 8.60. The number of methoxy groups -OCH3 is 1. The van der Waals surface area contributed by atoms with Crippen molar-refractivity contribution in [3.05, 3.63) is 29.8 Å². The van der Waals surface area contributed by atoms with E-state index in [4.69, 9.17) is 4.74 Å². The molecule has 1 N–H and O–H groups in total. The summed E-state index contributed by atoms with van der Waals surface area (Å²) in [6, 6.07) is 8.07. The quantitative estimate of drug-likeness (QED) is 0.795. The van der Waals surface area contributed by atoms with E-state index < -0.39 is 0 Å². The number of hydrogen-bond acceptors (Lipinski definition) is 2. The lowest BCUT2D eigenvalue weighted by molar-refractivity contribution is 0.168. The second-order valence-electron chi connectivity index (χ2n) is 3.99. The first kappa shape index (κ1) is 9.53. The molecule has 2 rings (SSSR count). The Hall–Kier alpha value is -1.02. The smallest absolute Gasteiger partial charge is 0.122 e. The highest BCUT2D eigenvalue weighted by Crippen LogP contribution is 2.51. The molecule has 0 spiro atoms. The topological polar surface area (TPSA) is 29.5 Å². The van der Waals surface area contributed by atoms with E-state index in [1.807, 2.05) is 25.1 Å². The van der Waals surface area contributed by atoms with E-state index in [1.165, 1.54) is 5.56 Å². The van der Waals surface area contributed by atoms with E-state index in [0.29, 0.717) is 11.8 Å². The molecular weight excluding hydrogens is 176 g/mol. The monoisotopic (exact) mass is 192 g/mol. The maximum Gasteiger partial charge on any atom is 0.122 e. The van der Waals surface area contributed by atoms with Gasteiger partial charge in [-0.15, -0.1) is 0 Å². The maximum absolute atomic E-state index is 9.45. The van der Waals surface area contributed by atoms with Crippen LogP contribution < -0.4 is 4.74 Å². The Labute approximate surface area is 84.5 Å². The first-order chi connectivity index (χ1) is 6.74. The molecule has 0 saturated heterocycles. The van der Waals surface area contributed by atoms with Gasteiger partial charge in [-0.2, -0.15) is 0 Å². The largest absolute Gasteiger partial charge is 0.496 e. The minimum absolute atomic E-state index is 0.204. The van der Waals surface area contributed by atoms with Gasteiger partial charge in [0.05, 0.1) is 13.2 Å². The van der Waals surface area contributed by atoms with E-state index in [1.54, 1.807) is 7.11 Å². The second kappa shape index (κ2) is 3.62. The minimum Gasteiger partial charge on any atom is -0.496 e. The fourth-order valence-corrected chi connectivity index (χ4v) is 2.08. The van der Waals surface area contributed by atoms with Crippen LogP contribution in [0.3, 0.4) is 0 Å². The standard InChI is InChI=1S/C12H16O2/c1-8(13)10-7-11(10)9-5-3-4-6-12(9)14-2/h3-6,8,10-11,13H,7H2,1-2H3/t8-,10-,11+/m0/s1. The zero-order valence-electron chi connectivity index (χ0n) is 8.60. The highest BCUT2D eigenvalue weighted by Gasteiger charge is 2.42. The maximum atomic E-state index is 9.45. The Kier molecular flexibility index (Phi) is 2.46. The molecule has 1 aliphatic carbocycles. The average molecular weight is 192 g/mol. The number of rotatable bonds is 3. The molecule has 2 nitrogen and oxygen atoms in total. The molecule has 0 aliphatic heterocycles. The normalized spacial score (nSPS) is 27.1. The molecule has 0 bridgehead atoms. The molecule has 0 aromatic heterocycles. The summed E-state index contributed by atoms with van der Waals surface area (Å²) >= 11 is 0. The Morgan fingerprint density at radius 1 is 1.43 bits per heavy atom. The zero-order chi connectivity index (χ0) is 10.1. The van der Waals surface area contributed by atoms with Crippen molar-refractivity contribution in [2.45, 2.75) is 25.4 Å². The van der Waals surface area contributed by atoms with Crippen molar-refractivity contribution in [1.82, 2.24) is 0 Å². The second-order valence-corrected chi connectivity index (χ2v) is 3.99. The van der Waals surface area contributed by atoms with Gasteiger partial charge in [-0.3, -0.25) is 0 Å². The third-order valence-electron chi connectivity index (χ3n) is 3.00. The Bertz CT molecular complexity index is 320. The highest BCUT2D eigenvalue weighted by molar-refractivity contribution is 5.39. The summed E-state index contributed by atoms with van der Waals surface area (Å²) in [5, 5.41) is 9.45. The fraction of sp³-hybridized carbons (Fsp3) is 0.500. The molecule has 1 aromatic rings. The van der Waals surface area contributed by atoms with Gasteiger partial charge in [0.2, 0.25) is 0 Å². The van der Waals surface area contributed by atoms with Crippen LogP contribution in [0.5, 0.6) is 5.75 Å². The lowest BCUT2D eigenvalue weighted by Gasteiger charge is -2.08. The third kappa shape index (κ3) is 1.62. The van der Waals surface area contributed by atoms with E-state index >= 15 is 0 Å². The Morgan fingerprint density at radius 2 is 2.14 bits per heavy atom. The predicted octanol–water partition coefficient (Wildman–Crippen LogP) is 2.18. The molecule has 1 saturated carbocycles. The summed E-state index contributed by atoms with van der Waals surface area (Å²) < 4.78 is 5.29. The van der Waals surface area contributed by atoms with Crippen molar-refractivity contribution in [3.8, 4) is 5.75 Å². The van der Waals surface area contributed by atoms with Gasteiger partial charge in [0, 0.05) is 0 Å². The van der Waals surface area contributed by atoms with Crippen LogP contribution in [-0.2, 0) is 0 Å². The SMILES string of the molecule is COc1ccccc1[C@H]1C[C@H]1[C@H](C)O. The summed E-state index contributed by atoms with van der Waals surface area (Å²) in [4.78, 5) is 0.